The number of ether oxygens (including phenoxy) is 1. The van der Waals surface area contributed by atoms with Gasteiger partial charge in [-0.1, -0.05) is 6.07 Å². The lowest BCUT2D eigenvalue weighted by Crippen LogP contribution is -2.05. The number of hydrogen-bond donors (Lipinski definition) is 1. The zero-order valence-electron chi connectivity index (χ0n) is 11.6. The van der Waals surface area contributed by atoms with Gasteiger partial charge >= 0.3 is 0 Å². The van der Waals surface area contributed by atoms with Gasteiger partial charge in [-0.05, 0) is 55.3 Å². The van der Waals surface area contributed by atoms with Crippen molar-refractivity contribution < 1.29 is 9.53 Å². The molecule has 3 rings (SSSR count). The minimum absolute atomic E-state index is 0.0113. The Morgan fingerprint density at radius 2 is 2.05 bits per heavy atom. The van der Waals surface area contributed by atoms with Gasteiger partial charge in [0.1, 0.15) is 11.9 Å². The summed E-state index contributed by atoms with van der Waals surface area (Å²) < 4.78 is 5.66. The Bertz CT molecular complexity index is 691. The second kappa shape index (κ2) is 4.67. The van der Waals surface area contributed by atoms with Crippen LogP contribution in [0.25, 0.3) is 0 Å². The lowest BCUT2D eigenvalue weighted by Gasteiger charge is -2.07. The number of aryl methyl sites for hydroxylation is 1. The second-order valence-electron chi connectivity index (χ2n) is 5.36. The molecule has 0 bridgehead atoms. The van der Waals surface area contributed by atoms with Crippen molar-refractivity contribution in [2.45, 2.75) is 26.4 Å². The average Bonchev–Trinajstić information content (AvgIpc) is 2.79. The van der Waals surface area contributed by atoms with Crippen LogP contribution >= 0.6 is 0 Å². The van der Waals surface area contributed by atoms with E-state index in [-0.39, 0.29) is 11.9 Å². The molecule has 0 aromatic heterocycles. The predicted molar refractivity (Wildman–Crippen MR) is 79.3 cm³/mol. The molecule has 1 heterocycles. The Labute approximate surface area is 118 Å². The van der Waals surface area contributed by atoms with E-state index in [2.05, 4.69) is 0 Å². The zero-order chi connectivity index (χ0) is 14.3. The van der Waals surface area contributed by atoms with E-state index in [0.717, 1.165) is 23.3 Å². The lowest BCUT2D eigenvalue weighted by molar-refractivity contribution is 0.103. The largest absolute Gasteiger partial charge is 0.490 e. The fourth-order valence-corrected chi connectivity index (χ4v) is 2.60. The Balaban J connectivity index is 1.99. The number of carbonyl (C=O) groups is 1. The van der Waals surface area contributed by atoms with Gasteiger partial charge in [-0.15, -0.1) is 0 Å². The van der Waals surface area contributed by atoms with E-state index in [1.54, 1.807) is 6.07 Å². The van der Waals surface area contributed by atoms with Gasteiger partial charge in [0.15, 0.2) is 5.78 Å². The molecule has 1 aliphatic heterocycles. The third-order valence-electron chi connectivity index (χ3n) is 3.66. The molecule has 0 saturated heterocycles. The van der Waals surface area contributed by atoms with Crippen LogP contribution in [-0.2, 0) is 6.42 Å². The standard InChI is InChI=1S/C17H17NO2/c1-10-3-5-14(18)9-15(10)17(19)12-4-6-16-13(8-12)7-11(2)20-16/h3-6,8-9,11H,7,18H2,1-2H3. The summed E-state index contributed by atoms with van der Waals surface area (Å²) in [5, 5.41) is 0. The minimum atomic E-state index is 0.0113. The quantitative estimate of drug-likeness (QED) is 0.672. The molecule has 2 N–H and O–H groups in total. The fraction of sp³-hybridized carbons (Fsp3) is 0.235. The van der Waals surface area contributed by atoms with Gasteiger partial charge in [-0.2, -0.15) is 0 Å². The van der Waals surface area contributed by atoms with E-state index >= 15 is 0 Å². The summed E-state index contributed by atoms with van der Waals surface area (Å²) in [6.45, 7) is 3.95. The van der Waals surface area contributed by atoms with E-state index < -0.39 is 0 Å². The lowest BCUT2D eigenvalue weighted by atomic mass is 9.96. The molecule has 0 spiro atoms. The highest BCUT2D eigenvalue weighted by Crippen LogP contribution is 2.30. The Kier molecular flexibility index (Phi) is 2.97. The van der Waals surface area contributed by atoms with Crippen LogP contribution in [0.4, 0.5) is 5.69 Å². The van der Waals surface area contributed by atoms with Gasteiger partial charge in [0.2, 0.25) is 0 Å². The van der Waals surface area contributed by atoms with Gasteiger partial charge in [0.25, 0.3) is 0 Å². The zero-order valence-corrected chi connectivity index (χ0v) is 11.6. The first-order valence-corrected chi connectivity index (χ1v) is 6.75. The van der Waals surface area contributed by atoms with Crippen LogP contribution in [0.3, 0.4) is 0 Å². The van der Waals surface area contributed by atoms with Crippen molar-refractivity contribution >= 4 is 11.5 Å². The number of ketones is 1. The third kappa shape index (κ3) is 2.16. The number of carbonyl (C=O) groups excluding carboxylic acids is 1. The van der Waals surface area contributed by atoms with E-state index in [1.807, 2.05) is 44.2 Å². The van der Waals surface area contributed by atoms with Crippen molar-refractivity contribution in [3.63, 3.8) is 0 Å². The van der Waals surface area contributed by atoms with Crippen LogP contribution < -0.4 is 10.5 Å². The molecule has 3 nitrogen and oxygen atoms in total. The van der Waals surface area contributed by atoms with Crippen molar-refractivity contribution in [2.75, 3.05) is 5.73 Å². The second-order valence-corrected chi connectivity index (χ2v) is 5.36. The van der Waals surface area contributed by atoms with Crippen LogP contribution in [0.15, 0.2) is 36.4 Å². The summed E-state index contributed by atoms with van der Waals surface area (Å²) in [4.78, 5) is 12.6. The Morgan fingerprint density at radius 1 is 1.25 bits per heavy atom. The number of hydrogen-bond acceptors (Lipinski definition) is 3. The molecule has 1 atom stereocenters. The van der Waals surface area contributed by atoms with Crippen molar-refractivity contribution in [3.05, 3.63) is 58.7 Å². The summed E-state index contributed by atoms with van der Waals surface area (Å²) >= 11 is 0. The number of nitrogens with two attached hydrogens (primary N) is 1. The van der Waals surface area contributed by atoms with Crippen molar-refractivity contribution in [3.8, 4) is 5.75 Å². The minimum Gasteiger partial charge on any atom is -0.490 e. The fourth-order valence-electron chi connectivity index (χ4n) is 2.60. The number of nitrogen functional groups attached to an aromatic ring is 1. The molecule has 3 heteroatoms. The highest BCUT2D eigenvalue weighted by Gasteiger charge is 2.21. The smallest absolute Gasteiger partial charge is 0.193 e. The molecule has 0 fully saturated rings. The van der Waals surface area contributed by atoms with Crippen LogP contribution in [0.1, 0.15) is 34.0 Å². The first-order chi connectivity index (χ1) is 9.54. The van der Waals surface area contributed by atoms with Gasteiger partial charge in [-0.25, -0.2) is 0 Å². The maximum atomic E-state index is 12.6. The summed E-state index contributed by atoms with van der Waals surface area (Å²) in [6.07, 6.45) is 1.04. The van der Waals surface area contributed by atoms with Crippen molar-refractivity contribution in [1.82, 2.24) is 0 Å². The predicted octanol–water partition coefficient (Wildman–Crippen LogP) is 3.13. The van der Waals surface area contributed by atoms with Gasteiger partial charge in [-0.3, -0.25) is 4.79 Å². The average molecular weight is 267 g/mol. The normalized spacial score (nSPS) is 16.6. The highest BCUT2D eigenvalue weighted by molar-refractivity contribution is 6.10. The molecule has 1 unspecified atom stereocenters. The Hall–Kier alpha value is -2.29. The maximum Gasteiger partial charge on any atom is 0.193 e. The SMILES string of the molecule is Cc1ccc(N)cc1C(=O)c1ccc2c(c1)CC(C)O2. The molecule has 20 heavy (non-hydrogen) atoms. The molecule has 1 aliphatic rings. The van der Waals surface area contributed by atoms with Gasteiger partial charge in [0, 0.05) is 23.2 Å². The van der Waals surface area contributed by atoms with Gasteiger partial charge in [0.05, 0.1) is 0 Å². The molecular formula is C17H17NO2. The summed E-state index contributed by atoms with van der Waals surface area (Å²) in [5.74, 6) is 0.899. The summed E-state index contributed by atoms with van der Waals surface area (Å²) in [5.41, 5.74) is 9.78. The molecule has 102 valence electrons. The van der Waals surface area contributed by atoms with E-state index in [4.69, 9.17) is 10.5 Å². The monoisotopic (exact) mass is 267 g/mol. The Morgan fingerprint density at radius 3 is 2.85 bits per heavy atom. The molecule has 0 aliphatic carbocycles. The molecular weight excluding hydrogens is 250 g/mol. The van der Waals surface area contributed by atoms with Crippen LogP contribution in [0.5, 0.6) is 5.75 Å². The van der Waals surface area contributed by atoms with Crippen LogP contribution in [-0.4, -0.2) is 11.9 Å². The number of rotatable bonds is 2. The van der Waals surface area contributed by atoms with E-state index in [0.29, 0.717) is 16.8 Å². The molecule has 2 aromatic rings. The highest BCUT2D eigenvalue weighted by atomic mass is 16.5. The first-order valence-electron chi connectivity index (χ1n) is 6.75. The number of fused-ring (bicyclic) bond motifs is 1. The summed E-state index contributed by atoms with van der Waals surface area (Å²) in [6, 6.07) is 11.1. The number of anilines is 1. The topological polar surface area (TPSA) is 52.3 Å². The molecule has 2 aromatic carbocycles. The van der Waals surface area contributed by atoms with E-state index in [9.17, 15) is 4.79 Å². The molecule has 0 saturated carbocycles. The molecule has 0 radical (unpaired) electrons. The summed E-state index contributed by atoms with van der Waals surface area (Å²) in [7, 11) is 0. The van der Waals surface area contributed by atoms with E-state index in [1.165, 1.54) is 0 Å². The van der Waals surface area contributed by atoms with Gasteiger partial charge < -0.3 is 10.5 Å². The third-order valence-corrected chi connectivity index (χ3v) is 3.66. The first kappa shape index (κ1) is 12.7. The van der Waals surface area contributed by atoms with Crippen molar-refractivity contribution in [1.29, 1.82) is 0 Å². The molecule has 0 amide bonds. The van der Waals surface area contributed by atoms with Crippen LogP contribution in [0, 0.1) is 6.92 Å². The van der Waals surface area contributed by atoms with Crippen molar-refractivity contribution in [2.24, 2.45) is 0 Å². The maximum absolute atomic E-state index is 12.6. The number of benzene rings is 2. The van der Waals surface area contributed by atoms with Crippen LogP contribution in [0.2, 0.25) is 0 Å².